The first-order valence-electron chi connectivity index (χ1n) is 21.4. The van der Waals surface area contributed by atoms with Gasteiger partial charge in [-0.05, 0) is 145 Å². The highest BCUT2D eigenvalue weighted by molar-refractivity contribution is 5.99. The van der Waals surface area contributed by atoms with E-state index < -0.39 is 23.3 Å². The van der Waals surface area contributed by atoms with E-state index in [-0.39, 0.29) is 48.1 Å². The number of rotatable bonds is 11. The van der Waals surface area contributed by atoms with Gasteiger partial charge in [-0.1, -0.05) is 30.3 Å². The van der Waals surface area contributed by atoms with Gasteiger partial charge in [0.2, 0.25) is 11.8 Å². The number of likely N-dealkylation sites (tertiary alicyclic amines) is 1. The predicted octanol–water partition coefficient (Wildman–Crippen LogP) is 7.66. The standard InChI is InChI=1S/C47H61N7O7/c1-29-24-34(42(56)50-36-20-22-54(23-21-36)45(59)61-47(5,6)7)17-19-38(29)32-12-8-30(9-13-32)25-40(43(57)51-37-18-16-35-28-49-53-39(35)26-37)52-41(55)33-14-10-31(11-15-33)27-48-44(58)60-46(2,3)4/h8-9,12-13,16-19,24,26,28,31,33,36,40H,10-11,14-15,20-23,25,27H2,1-7H3,(H,48,58)(H,49,53)(H,50,56)(H,51,57)(H,52,55). The average Bonchev–Trinajstić information content (AvgIpc) is 3.67. The van der Waals surface area contributed by atoms with Crippen molar-refractivity contribution in [2.45, 2.75) is 117 Å². The summed E-state index contributed by atoms with van der Waals surface area (Å²) in [6.07, 6.45) is 5.38. The van der Waals surface area contributed by atoms with E-state index in [1.54, 1.807) is 11.1 Å². The van der Waals surface area contributed by atoms with Gasteiger partial charge in [-0.15, -0.1) is 0 Å². The molecule has 4 aromatic rings. The number of aromatic nitrogens is 2. The zero-order chi connectivity index (χ0) is 43.9. The van der Waals surface area contributed by atoms with Gasteiger partial charge in [0.15, 0.2) is 0 Å². The van der Waals surface area contributed by atoms with Crippen LogP contribution in [0.15, 0.2) is 66.9 Å². The molecule has 1 saturated carbocycles. The Bertz CT molecular complexity index is 2190. The lowest BCUT2D eigenvalue weighted by atomic mass is 9.81. The second-order valence-corrected chi connectivity index (χ2v) is 18.5. The van der Waals surface area contributed by atoms with Crippen molar-refractivity contribution in [2.24, 2.45) is 11.8 Å². The molecule has 1 saturated heterocycles. The van der Waals surface area contributed by atoms with Crippen LogP contribution in [0.5, 0.6) is 0 Å². The Morgan fingerprint density at radius 2 is 1.52 bits per heavy atom. The number of anilines is 1. The molecule has 326 valence electrons. The first kappa shape index (κ1) is 44.6. The third kappa shape index (κ3) is 12.8. The fourth-order valence-electron chi connectivity index (χ4n) is 7.90. The number of alkyl carbamates (subject to hydrolysis) is 1. The summed E-state index contributed by atoms with van der Waals surface area (Å²) in [6.45, 7) is 14.5. The molecule has 1 atom stereocenters. The minimum atomic E-state index is -0.841. The summed E-state index contributed by atoms with van der Waals surface area (Å²) < 4.78 is 10.9. The van der Waals surface area contributed by atoms with Gasteiger partial charge in [0, 0.05) is 54.7 Å². The highest BCUT2D eigenvalue weighted by Gasteiger charge is 2.31. The van der Waals surface area contributed by atoms with Gasteiger partial charge in [0.05, 0.1) is 11.7 Å². The van der Waals surface area contributed by atoms with Crippen LogP contribution < -0.4 is 21.3 Å². The second-order valence-electron chi connectivity index (χ2n) is 18.5. The number of aromatic amines is 1. The molecule has 0 spiro atoms. The molecule has 0 radical (unpaired) electrons. The SMILES string of the molecule is Cc1cc(C(=O)NC2CCN(C(=O)OC(C)(C)C)CC2)ccc1-c1ccc(CC(NC(=O)C2CCC(CNC(=O)OC(C)(C)C)CC2)C(=O)Nc2ccc3cn[nH]c3c2)cc1. The second kappa shape index (κ2) is 19.2. The van der Waals surface area contributed by atoms with Crippen molar-refractivity contribution >= 4 is 46.5 Å². The molecule has 0 bridgehead atoms. The number of nitrogens with zero attached hydrogens (tertiary/aromatic N) is 2. The summed E-state index contributed by atoms with van der Waals surface area (Å²) in [4.78, 5) is 67.2. The van der Waals surface area contributed by atoms with Crippen LogP contribution in [-0.2, 0) is 25.5 Å². The Morgan fingerprint density at radius 1 is 0.836 bits per heavy atom. The molecular formula is C47H61N7O7. The lowest BCUT2D eigenvalue weighted by molar-refractivity contribution is -0.130. The van der Waals surface area contributed by atoms with Crippen molar-refractivity contribution in [3.63, 3.8) is 0 Å². The normalized spacial score (nSPS) is 17.9. The van der Waals surface area contributed by atoms with Gasteiger partial charge < -0.3 is 35.6 Å². The van der Waals surface area contributed by atoms with E-state index in [4.69, 9.17) is 9.47 Å². The van der Waals surface area contributed by atoms with Crippen molar-refractivity contribution in [1.82, 2.24) is 31.0 Å². The van der Waals surface area contributed by atoms with E-state index in [9.17, 15) is 24.0 Å². The number of hydrogen-bond donors (Lipinski definition) is 5. The van der Waals surface area contributed by atoms with Gasteiger partial charge in [-0.3, -0.25) is 19.5 Å². The third-order valence-electron chi connectivity index (χ3n) is 11.2. The van der Waals surface area contributed by atoms with Crippen LogP contribution in [0.4, 0.5) is 15.3 Å². The van der Waals surface area contributed by atoms with E-state index in [0.29, 0.717) is 56.6 Å². The van der Waals surface area contributed by atoms with Crippen LogP contribution in [0.1, 0.15) is 102 Å². The Labute approximate surface area is 358 Å². The number of carbonyl (C=O) groups is 5. The minimum absolute atomic E-state index is 0.0377. The lowest BCUT2D eigenvalue weighted by Crippen LogP contribution is -2.48. The number of amides is 5. The number of aryl methyl sites for hydroxylation is 1. The summed E-state index contributed by atoms with van der Waals surface area (Å²) in [6, 6.07) is 18.2. The van der Waals surface area contributed by atoms with Crippen molar-refractivity contribution in [3.05, 3.63) is 83.6 Å². The van der Waals surface area contributed by atoms with Crippen molar-refractivity contribution in [1.29, 1.82) is 0 Å². The number of carbonyl (C=O) groups excluding carboxylic acids is 5. The van der Waals surface area contributed by atoms with E-state index in [0.717, 1.165) is 46.0 Å². The summed E-state index contributed by atoms with van der Waals surface area (Å²) in [5.41, 5.74) is 4.55. The fourth-order valence-corrected chi connectivity index (χ4v) is 7.90. The molecule has 1 aromatic heterocycles. The fraction of sp³-hybridized carbons (Fsp3) is 0.489. The molecular weight excluding hydrogens is 775 g/mol. The van der Waals surface area contributed by atoms with Gasteiger partial charge in [0.25, 0.3) is 5.91 Å². The maximum Gasteiger partial charge on any atom is 0.410 e. The molecule has 1 unspecified atom stereocenters. The maximum absolute atomic E-state index is 13.9. The van der Waals surface area contributed by atoms with Crippen LogP contribution in [0.25, 0.3) is 22.0 Å². The highest BCUT2D eigenvalue weighted by Crippen LogP contribution is 2.30. The summed E-state index contributed by atoms with van der Waals surface area (Å²) in [5.74, 6) is -0.650. The molecule has 61 heavy (non-hydrogen) atoms. The molecule has 6 rings (SSSR count). The van der Waals surface area contributed by atoms with E-state index >= 15 is 0 Å². The number of benzene rings is 3. The Morgan fingerprint density at radius 3 is 2.18 bits per heavy atom. The largest absolute Gasteiger partial charge is 0.444 e. The van der Waals surface area contributed by atoms with E-state index in [2.05, 4.69) is 31.5 Å². The molecule has 1 aliphatic heterocycles. The molecule has 14 nitrogen and oxygen atoms in total. The third-order valence-corrected chi connectivity index (χ3v) is 11.2. The van der Waals surface area contributed by atoms with Crippen molar-refractivity contribution in [2.75, 3.05) is 25.0 Å². The number of piperidine rings is 1. The average molecular weight is 836 g/mol. The van der Waals surface area contributed by atoms with E-state index in [1.807, 2.05) is 109 Å². The zero-order valence-corrected chi connectivity index (χ0v) is 36.5. The van der Waals surface area contributed by atoms with Crippen LogP contribution >= 0.6 is 0 Å². The molecule has 2 heterocycles. The van der Waals surface area contributed by atoms with Gasteiger partial charge >= 0.3 is 12.2 Å². The molecule has 14 heteroatoms. The predicted molar refractivity (Wildman–Crippen MR) is 235 cm³/mol. The number of H-pyrrole nitrogens is 1. The molecule has 3 aromatic carbocycles. The van der Waals surface area contributed by atoms with Crippen molar-refractivity contribution in [3.8, 4) is 11.1 Å². The zero-order valence-electron chi connectivity index (χ0n) is 36.5. The summed E-state index contributed by atoms with van der Waals surface area (Å²) >= 11 is 0. The van der Waals surface area contributed by atoms with Crippen molar-refractivity contribution < 1.29 is 33.4 Å². The summed E-state index contributed by atoms with van der Waals surface area (Å²) in [5, 5.41) is 20.0. The maximum atomic E-state index is 13.9. The van der Waals surface area contributed by atoms with Crippen LogP contribution in [0.2, 0.25) is 0 Å². The quantitative estimate of drug-likeness (QED) is 0.102. The van der Waals surface area contributed by atoms with Gasteiger partial charge in [-0.25, -0.2) is 9.59 Å². The smallest absolute Gasteiger partial charge is 0.410 e. The Balaban J connectivity index is 1.06. The molecule has 1 aliphatic carbocycles. The monoisotopic (exact) mass is 835 g/mol. The molecule has 5 N–H and O–H groups in total. The molecule has 5 amide bonds. The summed E-state index contributed by atoms with van der Waals surface area (Å²) in [7, 11) is 0. The van der Waals surface area contributed by atoms with Gasteiger partial charge in [-0.2, -0.15) is 5.10 Å². The molecule has 2 fully saturated rings. The highest BCUT2D eigenvalue weighted by atomic mass is 16.6. The first-order chi connectivity index (χ1) is 28.9. The Kier molecular flexibility index (Phi) is 14.0. The number of nitrogens with one attached hydrogen (secondary N) is 5. The van der Waals surface area contributed by atoms with Gasteiger partial charge in [0.1, 0.15) is 17.2 Å². The number of hydrogen-bond acceptors (Lipinski definition) is 8. The van der Waals surface area contributed by atoms with Crippen LogP contribution in [0.3, 0.4) is 0 Å². The van der Waals surface area contributed by atoms with Crippen LogP contribution in [0, 0.1) is 18.8 Å². The number of fused-ring (bicyclic) bond motifs is 1. The topological polar surface area (TPSA) is 184 Å². The van der Waals surface area contributed by atoms with E-state index in [1.165, 1.54) is 0 Å². The minimum Gasteiger partial charge on any atom is -0.444 e. The Hall–Kier alpha value is -5.92. The van der Waals surface area contributed by atoms with Crippen LogP contribution in [-0.4, -0.2) is 87.9 Å². The lowest BCUT2D eigenvalue weighted by Gasteiger charge is -2.33. The molecule has 2 aliphatic rings. The first-order valence-corrected chi connectivity index (χ1v) is 21.4. The number of ether oxygens (including phenoxy) is 2.